The molecule has 1 atom stereocenters. The van der Waals surface area contributed by atoms with E-state index in [0.717, 1.165) is 23.4 Å². The van der Waals surface area contributed by atoms with Crippen LogP contribution in [0.2, 0.25) is 0 Å². The second-order valence-electron chi connectivity index (χ2n) is 5.68. The summed E-state index contributed by atoms with van der Waals surface area (Å²) in [6.07, 6.45) is 1.35. The Morgan fingerprint density at radius 2 is 1.88 bits per heavy atom. The molecule has 1 heterocycles. The fraction of sp³-hybridized carbons (Fsp3) is 0.263. The lowest BCUT2D eigenvalue weighted by molar-refractivity contribution is -0.116. The van der Waals surface area contributed by atoms with Gasteiger partial charge in [0.25, 0.3) is 0 Å². The lowest BCUT2D eigenvalue weighted by atomic mass is 10.1. The largest absolute Gasteiger partial charge is 0.326 e. The number of hydrogen-bond donors (Lipinski definition) is 1. The second kappa shape index (κ2) is 7.53. The molecule has 0 aromatic heterocycles. The zero-order valence-corrected chi connectivity index (χ0v) is 14.4. The van der Waals surface area contributed by atoms with Gasteiger partial charge in [-0.05, 0) is 36.2 Å². The van der Waals surface area contributed by atoms with Gasteiger partial charge < -0.3 is 5.32 Å². The van der Waals surface area contributed by atoms with E-state index in [2.05, 4.69) is 5.32 Å². The summed E-state index contributed by atoms with van der Waals surface area (Å²) >= 11 is 1.62. The van der Waals surface area contributed by atoms with E-state index in [0.29, 0.717) is 12.2 Å². The number of rotatable bonds is 5. The first-order valence-corrected chi connectivity index (χ1v) is 9.12. The Morgan fingerprint density at radius 3 is 2.54 bits per heavy atom. The SMILES string of the molecule is CCCC(=O)Nc1ccc(C2SCC(=O)N2c2ccccc2)cc1. The Labute approximate surface area is 146 Å². The Morgan fingerprint density at radius 1 is 1.17 bits per heavy atom. The van der Waals surface area contributed by atoms with Crippen LogP contribution in [0.4, 0.5) is 11.4 Å². The molecule has 5 heteroatoms. The minimum atomic E-state index is -0.0275. The van der Waals surface area contributed by atoms with Crippen LogP contribution in [-0.2, 0) is 9.59 Å². The van der Waals surface area contributed by atoms with Crippen molar-refractivity contribution in [3.63, 3.8) is 0 Å². The first-order chi connectivity index (χ1) is 11.7. The standard InChI is InChI=1S/C19H20N2O2S/c1-2-6-17(22)20-15-11-9-14(10-12-15)19-21(18(23)13-24-19)16-7-4-3-5-8-16/h3-5,7-12,19H,2,6,13H2,1H3,(H,20,22). The van der Waals surface area contributed by atoms with Gasteiger partial charge in [0, 0.05) is 17.8 Å². The molecule has 2 aromatic rings. The van der Waals surface area contributed by atoms with Crippen LogP contribution in [0.5, 0.6) is 0 Å². The number of anilines is 2. The van der Waals surface area contributed by atoms with Crippen molar-refractivity contribution in [1.29, 1.82) is 0 Å². The van der Waals surface area contributed by atoms with E-state index in [-0.39, 0.29) is 17.2 Å². The van der Waals surface area contributed by atoms with Crippen molar-refractivity contribution in [2.24, 2.45) is 0 Å². The van der Waals surface area contributed by atoms with Gasteiger partial charge in [-0.15, -0.1) is 11.8 Å². The van der Waals surface area contributed by atoms with Crippen LogP contribution in [0, 0.1) is 0 Å². The lowest BCUT2D eigenvalue weighted by Crippen LogP contribution is -2.27. The number of carbonyl (C=O) groups excluding carboxylic acids is 2. The van der Waals surface area contributed by atoms with Crippen molar-refractivity contribution < 1.29 is 9.59 Å². The Balaban J connectivity index is 1.78. The average Bonchev–Trinajstić information content (AvgIpc) is 2.98. The van der Waals surface area contributed by atoms with Crippen LogP contribution in [0.25, 0.3) is 0 Å². The molecule has 0 spiro atoms. The van der Waals surface area contributed by atoms with E-state index < -0.39 is 0 Å². The third-order valence-electron chi connectivity index (χ3n) is 3.86. The van der Waals surface area contributed by atoms with Gasteiger partial charge in [0.1, 0.15) is 5.37 Å². The highest BCUT2D eigenvalue weighted by molar-refractivity contribution is 8.00. The third kappa shape index (κ3) is 3.62. The molecule has 1 N–H and O–H groups in total. The molecule has 0 aliphatic carbocycles. The highest BCUT2D eigenvalue weighted by Crippen LogP contribution is 2.41. The summed E-state index contributed by atoms with van der Waals surface area (Å²) in [7, 11) is 0. The van der Waals surface area contributed by atoms with Crippen molar-refractivity contribution in [3.05, 3.63) is 60.2 Å². The van der Waals surface area contributed by atoms with Gasteiger partial charge in [-0.2, -0.15) is 0 Å². The monoisotopic (exact) mass is 340 g/mol. The molecule has 1 aliphatic heterocycles. The number of carbonyl (C=O) groups is 2. The predicted molar refractivity (Wildman–Crippen MR) is 99.1 cm³/mol. The van der Waals surface area contributed by atoms with Gasteiger partial charge in [0.15, 0.2) is 0 Å². The van der Waals surface area contributed by atoms with Crippen LogP contribution < -0.4 is 10.2 Å². The van der Waals surface area contributed by atoms with Crippen LogP contribution in [0.1, 0.15) is 30.7 Å². The summed E-state index contributed by atoms with van der Waals surface area (Å²) in [6, 6.07) is 17.5. The smallest absolute Gasteiger partial charge is 0.238 e. The summed E-state index contributed by atoms with van der Waals surface area (Å²) < 4.78 is 0. The second-order valence-corrected chi connectivity index (χ2v) is 6.75. The molecule has 2 amide bonds. The van der Waals surface area contributed by atoms with E-state index in [9.17, 15) is 9.59 Å². The summed E-state index contributed by atoms with van der Waals surface area (Å²) in [5.74, 6) is 0.632. The molecular formula is C19H20N2O2S. The predicted octanol–water partition coefficient (Wildman–Crippen LogP) is 4.20. The highest BCUT2D eigenvalue weighted by atomic mass is 32.2. The highest BCUT2D eigenvalue weighted by Gasteiger charge is 2.33. The van der Waals surface area contributed by atoms with E-state index >= 15 is 0 Å². The molecule has 0 radical (unpaired) electrons. The fourth-order valence-electron chi connectivity index (χ4n) is 2.72. The van der Waals surface area contributed by atoms with Gasteiger partial charge in [-0.3, -0.25) is 14.5 Å². The van der Waals surface area contributed by atoms with Crippen molar-refractivity contribution in [2.45, 2.75) is 25.1 Å². The molecule has 3 rings (SSSR count). The molecule has 24 heavy (non-hydrogen) atoms. The van der Waals surface area contributed by atoms with E-state index in [4.69, 9.17) is 0 Å². The van der Waals surface area contributed by atoms with Crippen molar-refractivity contribution in [2.75, 3.05) is 16.0 Å². The van der Waals surface area contributed by atoms with Crippen LogP contribution in [0.3, 0.4) is 0 Å². The minimum absolute atomic E-state index is 0.0275. The summed E-state index contributed by atoms with van der Waals surface area (Å²) in [5.41, 5.74) is 2.76. The van der Waals surface area contributed by atoms with Crippen LogP contribution in [-0.4, -0.2) is 17.6 Å². The first-order valence-electron chi connectivity index (χ1n) is 8.07. The fourth-order valence-corrected chi connectivity index (χ4v) is 3.90. The number of nitrogens with zero attached hydrogens (tertiary/aromatic N) is 1. The average molecular weight is 340 g/mol. The summed E-state index contributed by atoms with van der Waals surface area (Å²) in [4.78, 5) is 25.8. The number of hydrogen-bond acceptors (Lipinski definition) is 3. The molecule has 1 saturated heterocycles. The number of benzene rings is 2. The minimum Gasteiger partial charge on any atom is -0.326 e. The maximum Gasteiger partial charge on any atom is 0.238 e. The zero-order valence-electron chi connectivity index (χ0n) is 13.6. The van der Waals surface area contributed by atoms with Gasteiger partial charge >= 0.3 is 0 Å². The topological polar surface area (TPSA) is 49.4 Å². The Kier molecular flexibility index (Phi) is 5.20. The van der Waals surface area contributed by atoms with Gasteiger partial charge in [-0.25, -0.2) is 0 Å². The molecular weight excluding hydrogens is 320 g/mol. The van der Waals surface area contributed by atoms with Gasteiger partial charge in [0.2, 0.25) is 11.8 Å². The van der Waals surface area contributed by atoms with Crippen molar-refractivity contribution in [1.82, 2.24) is 0 Å². The molecule has 1 aliphatic rings. The van der Waals surface area contributed by atoms with Crippen LogP contribution >= 0.6 is 11.8 Å². The maximum absolute atomic E-state index is 12.3. The van der Waals surface area contributed by atoms with Gasteiger partial charge in [-0.1, -0.05) is 37.3 Å². The lowest BCUT2D eigenvalue weighted by Gasteiger charge is -2.24. The Hall–Kier alpha value is -2.27. The van der Waals surface area contributed by atoms with Crippen LogP contribution in [0.15, 0.2) is 54.6 Å². The maximum atomic E-state index is 12.3. The molecule has 0 bridgehead atoms. The summed E-state index contributed by atoms with van der Waals surface area (Å²) in [6.45, 7) is 1.98. The molecule has 2 aromatic carbocycles. The number of amides is 2. The molecule has 0 saturated carbocycles. The van der Waals surface area contributed by atoms with Crippen molar-refractivity contribution >= 4 is 35.0 Å². The number of para-hydroxylation sites is 1. The molecule has 1 fully saturated rings. The van der Waals surface area contributed by atoms with Crippen molar-refractivity contribution in [3.8, 4) is 0 Å². The van der Waals surface area contributed by atoms with E-state index in [1.165, 1.54) is 0 Å². The first kappa shape index (κ1) is 16.6. The van der Waals surface area contributed by atoms with Gasteiger partial charge in [0.05, 0.1) is 5.75 Å². The molecule has 124 valence electrons. The Bertz CT molecular complexity index is 716. The normalized spacial score (nSPS) is 17.1. The van der Waals surface area contributed by atoms with E-state index in [1.54, 1.807) is 11.8 Å². The number of nitrogens with one attached hydrogen (secondary N) is 1. The third-order valence-corrected chi connectivity index (χ3v) is 5.07. The quantitative estimate of drug-likeness (QED) is 0.887. The molecule has 1 unspecified atom stereocenters. The number of thioether (sulfide) groups is 1. The molecule has 4 nitrogen and oxygen atoms in total. The zero-order chi connectivity index (χ0) is 16.9. The van der Waals surface area contributed by atoms with E-state index in [1.807, 2.05) is 66.4 Å². The summed E-state index contributed by atoms with van der Waals surface area (Å²) in [5, 5.41) is 2.86.